The van der Waals surface area contributed by atoms with E-state index in [0.29, 0.717) is 29.5 Å². The van der Waals surface area contributed by atoms with Crippen molar-refractivity contribution in [1.29, 1.82) is 0 Å². The third-order valence-electron chi connectivity index (χ3n) is 9.15. The van der Waals surface area contributed by atoms with Gasteiger partial charge < -0.3 is 24.3 Å². The lowest BCUT2D eigenvalue weighted by Crippen LogP contribution is -2.66. The van der Waals surface area contributed by atoms with Gasteiger partial charge in [0.1, 0.15) is 18.1 Å². The molecule has 6 rings (SSSR count). The number of halogens is 4. The summed E-state index contributed by atoms with van der Waals surface area (Å²) in [6.07, 6.45) is 1.83. The zero-order chi connectivity index (χ0) is 35.8. The molecule has 0 radical (unpaired) electrons. The lowest BCUT2D eigenvalue weighted by molar-refractivity contribution is -0.138. The van der Waals surface area contributed by atoms with Crippen molar-refractivity contribution in [2.24, 2.45) is 5.41 Å². The van der Waals surface area contributed by atoms with E-state index in [1.165, 1.54) is 10.6 Å². The minimum absolute atomic E-state index is 0.184. The molecule has 0 saturated carbocycles. The lowest BCUT2D eigenvalue weighted by Gasteiger charge is -2.55. The van der Waals surface area contributed by atoms with E-state index in [1.54, 1.807) is 37.6 Å². The van der Waals surface area contributed by atoms with Crippen LogP contribution in [0.4, 0.5) is 28.9 Å². The Morgan fingerprint density at radius 3 is 2.44 bits per heavy atom. The molecule has 5 heterocycles. The Morgan fingerprint density at radius 2 is 1.80 bits per heavy atom. The molecule has 1 N–H and O–H groups in total. The Morgan fingerprint density at radius 1 is 1.08 bits per heavy atom. The third kappa shape index (κ3) is 7.76. The number of alkyl halides is 3. The molecule has 4 aromatic rings. The Bertz CT molecular complexity index is 1970. The van der Waals surface area contributed by atoms with Gasteiger partial charge in [0.05, 0.1) is 59.5 Å². The van der Waals surface area contributed by atoms with Crippen molar-refractivity contribution in [2.45, 2.75) is 70.9 Å². The van der Waals surface area contributed by atoms with Gasteiger partial charge in [-0.15, -0.1) is 0 Å². The van der Waals surface area contributed by atoms with E-state index in [9.17, 15) is 22.8 Å². The highest BCUT2D eigenvalue weighted by Gasteiger charge is 2.49. The number of nitrogens with zero attached hydrogens (tertiary/aromatic N) is 6. The van der Waals surface area contributed by atoms with Gasteiger partial charge in [0, 0.05) is 46.6 Å². The summed E-state index contributed by atoms with van der Waals surface area (Å²) >= 11 is 0. The van der Waals surface area contributed by atoms with Gasteiger partial charge in [-0.25, -0.2) is 19.0 Å². The molecule has 1 spiro atoms. The Balaban J connectivity index is 1.07. The zero-order valence-corrected chi connectivity index (χ0v) is 29.5. The van der Waals surface area contributed by atoms with E-state index in [0.717, 1.165) is 44.2 Å². The molecule has 3 aromatic heterocycles. The van der Waals surface area contributed by atoms with Crippen LogP contribution in [0.5, 0.6) is 0 Å². The van der Waals surface area contributed by atoms with Gasteiger partial charge in [-0.1, -0.05) is 19.6 Å². The number of pyridine rings is 1. The SMILES string of the molecule is CC(CCCn1ccc2cc(-c3ncc(N4CC5(COC5)C4)cn3)c(F)cc2c1=O)Nc1cnn(COCC[Si](C)(C)C)c(=O)c1C(F)(F)F. The first-order valence-corrected chi connectivity index (χ1v) is 20.3. The smallest absolute Gasteiger partial charge is 0.381 e. The molecule has 16 heteroatoms. The summed E-state index contributed by atoms with van der Waals surface area (Å²) in [5.41, 5.74) is -2.15. The predicted molar refractivity (Wildman–Crippen MR) is 185 cm³/mol. The number of aromatic nitrogens is 5. The number of ether oxygens (including phenoxy) is 2. The summed E-state index contributed by atoms with van der Waals surface area (Å²) in [5.74, 6) is -0.408. The second kappa shape index (κ2) is 13.9. The topological polar surface area (TPSA) is 116 Å². The molecule has 0 bridgehead atoms. The summed E-state index contributed by atoms with van der Waals surface area (Å²) < 4.78 is 70.1. The fourth-order valence-corrected chi connectivity index (χ4v) is 6.95. The molecule has 2 aliphatic heterocycles. The van der Waals surface area contributed by atoms with Crippen LogP contribution in [0.1, 0.15) is 25.3 Å². The van der Waals surface area contributed by atoms with Crippen molar-refractivity contribution < 1.29 is 27.0 Å². The molecular formula is C34H41F4N7O4Si. The normalized spacial score (nSPS) is 16.4. The highest BCUT2D eigenvalue weighted by atomic mass is 28.3. The fraction of sp³-hybridized carbons (Fsp3) is 0.500. The number of hydrogen-bond donors (Lipinski definition) is 1. The van der Waals surface area contributed by atoms with Gasteiger partial charge in [-0.05, 0) is 49.4 Å². The van der Waals surface area contributed by atoms with Crippen LogP contribution in [-0.2, 0) is 28.9 Å². The minimum atomic E-state index is -4.91. The van der Waals surface area contributed by atoms with E-state index in [1.807, 2.05) is 0 Å². The maximum atomic E-state index is 15.3. The van der Waals surface area contributed by atoms with Crippen molar-refractivity contribution in [2.75, 3.05) is 43.1 Å². The molecule has 2 saturated heterocycles. The molecular weight excluding hydrogens is 674 g/mol. The number of anilines is 2. The number of nitrogens with one attached hydrogen (secondary N) is 1. The van der Waals surface area contributed by atoms with Crippen molar-refractivity contribution in [3.63, 3.8) is 0 Å². The predicted octanol–water partition coefficient (Wildman–Crippen LogP) is 5.60. The molecule has 2 aliphatic rings. The molecule has 1 atom stereocenters. The first-order chi connectivity index (χ1) is 23.6. The summed E-state index contributed by atoms with van der Waals surface area (Å²) in [6, 6.07) is 4.77. The summed E-state index contributed by atoms with van der Waals surface area (Å²) in [5, 5.41) is 7.40. The second-order valence-electron chi connectivity index (χ2n) is 14.6. The van der Waals surface area contributed by atoms with Gasteiger partial charge in [0.2, 0.25) is 0 Å². The highest BCUT2D eigenvalue weighted by molar-refractivity contribution is 6.76. The van der Waals surface area contributed by atoms with E-state index in [4.69, 9.17) is 9.47 Å². The van der Waals surface area contributed by atoms with Gasteiger partial charge in [-0.3, -0.25) is 9.59 Å². The molecule has 50 heavy (non-hydrogen) atoms. The van der Waals surface area contributed by atoms with Gasteiger partial charge in [-0.2, -0.15) is 18.3 Å². The first-order valence-electron chi connectivity index (χ1n) is 16.6. The van der Waals surface area contributed by atoms with E-state index in [-0.39, 0.29) is 35.5 Å². The highest BCUT2D eigenvalue weighted by Crippen LogP contribution is 2.40. The van der Waals surface area contributed by atoms with Crippen LogP contribution in [0.2, 0.25) is 25.7 Å². The molecule has 11 nitrogen and oxygen atoms in total. The van der Waals surface area contributed by atoms with Crippen LogP contribution < -0.4 is 21.3 Å². The largest absolute Gasteiger partial charge is 0.423 e. The summed E-state index contributed by atoms with van der Waals surface area (Å²) in [4.78, 5) is 36.9. The van der Waals surface area contributed by atoms with Crippen LogP contribution in [-0.4, -0.2) is 71.3 Å². The van der Waals surface area contributed by atoms with Crippen molar-refractivity contribution in [1.82, 2.24) is 24.3 Å². The van der Waals surface area contributed by atoms with Crippen LogP contribution >= 0.6 is 0 Å². The Labute approximate surface area is 287 Å². The van der Waals surface area contributed by atoms with Crippen LogP contribution in [0.25, 0.3) is 22.2 Å². The molecule has 268 valence electrons. The number of fused-ring (bicyclic) bond motifs is 1. The fourth-order valence-electron chi connectivity index (χ4n) is 6.20. The number of hydrogen-bond acceptors (Lipinski definition) is 9. The quantitative estimate of drug-likeness (QED) is 0.107. The Hall–Kier alpha value is -4.15. The van der Waals surface area contributed by atoms with E-state index in [2.05, 4.69) is 44.9 Å². The summed E-state index contributed by atoms with van der Waals surface area (Å²) in [7, 11) is -1.41. The number of benzene rings is 1. The van der Waals surface area contributed by atoms with Crippen molar-refractivity contribution in [3.05, 3.63) is 75.1 Å². The standard InChI is InChI=1S/C34H41F4N7O4Si/c1-22(42-28-16-41-45(21-48-10-11-50(2,3)4)32(47)29(28)34(36,37)38)6-5-8-43-9-7-23-12-26(27(35)13-25(23)31(43)46)30-39-14-24(15-40-30)44-17-33(18-44)19-49-20-33/h7,9,12-16,22,42H,5-6,8,10-11,17-21H2,1-4H3. The van der Waals surface area contributed by atoms with Crippen LogP contribution in [0, 0.1) is 11.2 Å². The first kappa shape index (κ1) is 35.7. The van der Waals surface area contributed by atoms with Gasteiger partial charge in [0.15, 0.2) is 5.82 Å². The summed E-state index contributed by atoms with van der Waals surface area (Å²) in [6.45, 7) is 11.6. The Kier molecular flexibility index (Phi) is 9.89. The van der Waals surface area contributed by atoms with Crippen LogP contribution in [0.3, 0.4) is 0 Å². The average Bonchev–Trinajstić information content (AvgIpc) is 2.99. The molecule has 2 fully saturated rings. The second-order valence-corrected chi connectivity index (χ2v) is 20.2. The number of rotatable bonds is 13. The van der Waals surface area contributed by atoms with Crippen LogP contribution in [0.15, 0.2) is 52.6 Å². The lowest BCUT2D eigenvalue weighted by atomic mass is 9.78. The number of aryl methyl sites for hydroxylation is 1. The zero-order valence-electron chi connectivity index (χ0n) is 28.5. The minimum Gasteiger partial charge on any atom is -0.381 e. The van der Waals surface area contributed by atoms with Gasteiger partial charge >= 0.3 is 6.18 Å². The maximum Gasteiger partial charge on any atom is 0.423 e. The van der Waals surface area contributed by atoms with Crippen molar-refractivity contribution >= 4 is 30.2 Å². The molecule has 0 amide bonds. The van der Waals surface area contributed by atoms with Gasteiger partial charge in [0.25, 0.3) is 11.1 Å². The molecule has 1 aromatic carbocycles. The third-order valence-corrected chi connectivity index (χ3v) is 10.9. The molecule has 1 unspecified atom stereocenters. The monoisotopic (exact) mass is 715 g/mol. The van der Waals surface area contributed by atoms with E-state index >= 15 is 4.39 Å². The van der Waals surface area contributed by atoms with E-state index < -0.39 is 48.5 Å². The maximum absolute atomic E-state index is 15.3. The average molecular weight is 716 g/mol. The van der Waals surface area contributed by atoms with Crippen molar-refractivity contribution in [3.8, 4) is 11.4 Å². The molecule has 0 aliphatic carbocycles.